The highest BCUT2D eigenvalue weighted by molar-refractivity contribution is 5.41. The zero-order valence-corrected chi connectivity index (χ0v) is 10.8. The Morgan fingerprint density at radius 1 is 1.17 bits per heavy atom. The summed E-state index contributed by atoms with van der Waals surface area (Å²) in [6, 6.07) is 7.94. The van der Waals surface area contributed by atoms with Gasteiger partial charge < -0.3 is 11.1 Å². The van der Waals surface area contributed by atoms with Crippen molar-refractivity contribution in [1.29, 1.82) is 0 Å². The molecule has 1 heterocycles. The predicted molar refractivity (Wildman–Crippen MR) is 74.6 cm³/mol. The molecule has 0 amide bonds. The minimum atomic E-state index is 0.798. The van der Waals surface area contributed by atoms with Gasteiger partial charge in [-0.05, 0) is 38.0 Å². The van der Waals surface area contributed by atoms with Crippen LogP contribution < -0.4 is 11.1 Å². The highest BCUT2D eigenvalue weighted by Gasteiger charge is 2.01. The van der Waals surface area contributed by atoms with Crippen LogP contribution in [0.5, 0.6) is 0 Å². The number of nitrogen functional groups attached to an aromatic ring is 1. The Hall–Kier alpha value is -2.10. The molecule has 1 aromatic carbocycles. The Morgan fingerprint density at radius 2 is 1.89 bits per heavy atom. The van der Waals surface area contributed by atoms with Crippen molar-refractivity contribution in [3.8, 4) is 0 Å². The summed E-state index contributed by atoms with van der Waals surface area (Å²) in [4.78, 5) is 8.70. The van der Waals surface area contributed by atoms with Crippen LogP contribution in [0.25, 0.3) is 0 Å². The molecule has 1 aromatic heterocycles. The van der Waals surface area contributed by atoms with Gasteiger partial charge in [-0.2, -0.15) is 0 Å². The summed E-state index contributed by atoms with van der Waals surface area (Å²) < 4.78 is 0. The van der Waals surface area contributed by atoms with Crippen LogP contribution in [-0.4, -0.2) is 16.5 Å². The summed E-state index contributed by atoms with van der Waals surface area (Å²) in [6.07, 6.45) is 2.72. The van der Waals surface area contributed by atoms with Crippen LogP contribution >= 0.6 is 0 Å². The molecular weight excluding hydrogens is 224 g/mol. The molecule has 0 atom stereocenters. The first kappa shape index (κ1) is 12.4. The molecule has 18 heavy (non-hydrogen) atoms. The Morgan fingerprint density at radius 3 is 2.61 bits per heavy atom. The van der Waals surface area contributed by atoms with E-state index in [-0.39, 0.29) is 0 Å². The molecular formula is C14H18N4. The van der Waals surface area contributed by atoms with E-state index in [2.05, 4.69) is 15.3 Å². The summed E-state index contributed by atoms with van der Waals surface area (Å²) in [5.74, 6) is 0.866. The average Bonchev–Trinajstić information content (AvgIpc) is 2.36. The van der Waals surface area contributed by atoms with Crippen LogP contribution in [0, 0.1) is 13.8 Å². The van der Waals surface area contributed by atoms with Crippen molar-refractivity contribution in [2.75, 3.05) is 17.6 Å². The van der Waals surface area contributed by atoms with Gasteiger partial charge in [-0.15, -0.1) is 0 Å². The largest absolute Gasteiger partial charge is 0.399 e. The molecule has 0 saturated carbocycles. The van der Waals surface area contributed by atoms with E-state index in [0.29, 0.717) is 0 Å². The molecule has 0 radical (unpaired) electrons. The summed E-state index contributed by atoms with van der Waals surface area (Å²) in [5.41, 5.74) is 9.56. The van der Waals surface area contributed by atoms with Crippen LogP contribution in [0.2, 0.25) is 0 Å². The van der Waals surface area contributed by atoms with Gasteiger partial charge in [0, 0.05) is 18.4 Å². The first-order valence-corrected chi connectivity index (χ1v) is 6.03. The van der Waals surface area contributed by atoms with E-state index in [0.717, 1.165) is 35.9 Å². The number of hydrogen-bond acceptors (Lipinski definition) is 4. The zero-order chi connectivity index (χ0) is 13.0. The Kier molecular flexibility index (Phi) is 3.77. The van der Waals surface area contributed by atoms with E-state index >= 15 is 0 Å². The van der Waals surface area contributed by atoms with Gasteiger partial charge in [0.1, 0.15) is 5.82 Å². The Labute approximate surface area is 107 Å². The number of nitrogens with two attached hydrogens (primary N) is 1. The van der Waals surface area contributed by atoms with E-state index < -0.39 is 0 Å². The lowest BCUT2D eigenvalue weighted by molar-refractivity contribution is 0.975. The topological polar surface area (TPSA) is 63.8 Å². The third-order valence-electron chi connectivity index (χ3n) is 2.76. The van der Waals surface area contributed by atoms with Crippen LogP contribution in [0.1, 0.15) is 17.0 Å². The summed E-state index contributed by atoms with van der Waals surface area (Å²) in [7, 11) is 0. The molecule has 3 N–H and O–H groups in total. The second-order valence-electron chi connectivity index (χ2n) is 4.36. The molecule has 0 unspecified atom stereocenters. The molecule has 0 saturated heterocycles. The van der Waals surface area contributed by atoms with Crippen molar-refractivity contribution in [3.63, 3.8) is 0 Å². The van der Waals surface area contributed by atoms with E-state index in [1.165, 1.54) is 5.56 Å². The minimum absolute atomic E-state index is 0.798. The molecule has 2 rings (SSSR count). The maximum atomic E-state index is 5.65. The number of nitrogens with one attached hydrogen (secondary N) is 1. The Balaban J connectivity index is 1.92. The highest BCUT2D eigenvalue weighted by atomic mass is 15.0. The number of anilines is 2. The first-order valence-electron chi connectivity index (χ1n) is 6.03. The number of aromatic nitrogens is 2. The lowest BCUT2D eigenvalue weighted by Gasteiger charge is -2.08. The zero-order valence-electron chi connectivity index (χ0n) is 10.8. The molecule has 4 heteroatoms. The molecule has 94 valence electrons. The van der Waals surface area contributed by atoms with Gasteiger partial charge in [-0.3, -0.25) is 4.98 Å². The normalized spacial score (nSPS) is 10.3. The molecule has 2 aromatic rings. The summed E-state index contributed by atoms with van der Waals surface area (Å²) >= 11 is 0. The van der Waals surface area contributed by atoms with Gasteiger partial charge in [0.2, 0.25) is 0 Å². The average molecular weight is 242 g/mol. The van der Waals surface area contributed by atoms with Crippen molar-refractivity contribution in [2.24, 2.45) is 0 Å². The second kappa shape index (κ2) is 5.49. The number of benzene rings is 1. The molecule has 0 bridgehead atoms. The van der Waals surface area contributed by atoms with Gasteiger partial charge in [-0.1, -0.05) is 12.1 Å². The monoisotopic (exact) mass is 242 g/mol. The quantitative estimate of drug-likeness (QED) is 0.808. The fraction of sp³-hybridized carbons (Fsp3) is 0.286. The fourth-order valence-corrected chi connectivity index (χ4v) is 1.71. The van der Waals surface area contributed by atoms with Crippen molar-refractivity contribution in [1.82, 2.24) is 9.97 Å². The number of hydrogen-bond donors (Lipinski definition) is 2. The molecule has 0 aliphatic heterocycles. The molecule has 0 aliphatic carbocycles. The van der Waals surface area contributed by atoms with Gasteiger partial charge in [0.25, 0.3) is 0 Å². The van der Waals surface area contributed by atoms with Gasteiger partial charge >= 0.3 is 0 Å². The van der Waals surface area contributed by atoms with Crippen LogP contribution in [0.15, 0.2) is 30.5 Å². The van der Waals surface area contributed by atoms with E-state index in [1.54, 1.807) is 6.20 Å². The fourth-order valence-electron chi connectivity index (χ4n) is 1.71. The summed E-state index contributed by atoms with van der Waals surface area (Å²) in [6.45, 7) is 4.73. The summed E-state index contributed by atoms with van der Waals surface area (Å²) in [5, 5.41) is 3.31. The minimum Gasteiger partial charge on any atom is -0.399 e. The first-order chi connectivity index (χ1) is 8.65. The van der Waals surface area contributed by atoms with E-state index in [4.69, 9.17) is 5.73 Å². The van der Waals surface area contributed by atoms with E-state index in [9.17, 15) is 0 Å². The lowest BCUT2D eigenvalue weighted by Crippen LogP contribution is -2.09. The van der Waals surface area contributed by atoms with Crippen molar-refractivity contribution in [2.45, 2.75) is 20.3 Å². The maximum Gasteiger partial charge on any atom is 0.147 e. The van der Waals surface area contributed by atoms with Crippen molar-refractivity contribution in [3.05, 3.63) is 47.4 Å². The second-order valence-corrected chi connectivity index (χ2v) is 4.36. The van der Waals surface area contributed by atoms with Crippen molar-refractivity contribution < 1.29 is 0 Å². The maximum absolute atomic E-state index is 5.65. The van der Waals surface area contributed by atoms with Gasteiger partial charge in [0.05, 0.1) is 11.4 Å². The SMILES string of the molecule is Cc1cnc(C)c(NCCc2ccc(N)cc2)n1. The predicted octanol–water partition coefficient (Wildman–Crippen LogP) is 2.33. The smallest absolute Gasteiger partial charge is 0.147 e. The standard InChI is InChI=1S/C14H18N4/c1-10-9-17-11(2)14(18-10)16-8-7-12-3-5-13(15)6-4-12/h3-6,9H,7-8,15H2,1-2H3,(H,16,18). The van der Waals surface area contributed by atoms with Crippen LogP contribution in [-0.2, 0) is 6.42 Å². The van der Waals surface area contributed by atoms with E-state index in [1.807, 2.05) is 38.1 Å². The third kappa shape index (κ3) is 3.20. The Bertz CT molecular complexity index is 520. The van der Waals surface area contributed by atoms with Gasteiger partial charge in [0.15, 0.2) is 0 Å². The number of aryl methyl sites for hydroxylation is 2. The lowest BCUT2D eigenvalue weighted by atomic mass is 10.1. The molecule has 0 spiro atoms. The van der Waals surface area contributed by atoms with Gasteiger partial charge in [-0.25, -0.2) is 4.98 Å². The number of nitrogens with zero attached hydrogens (tertiary/aromatic N) is 2. The molecule has 4 nitrogen and oxygen atoms in total. The molecule has 0 aliphatic rings. The molecule has 0 fully saturated rings. The number of rotatable bonds is 4. The third-order valence-corrected chi connectivity index (χ3v) is 2.76. The van der Waals surface area contributed by atoms with Crippen LogP contribution in [0.3, 0.4) is 0 Å². The van der Waals surface area contributed by atoms with Crippen LogP contribution in [0.4, 0.5) is 11.5 Å². The highest BCUT2D eigenvalue weighted by Crippen LogP contribution is 2.10. The van der Waals surface area contributed by atoms with Crippen molar-refractivity contribution >= 4 is 11.5 Å².